The number of carbonyl (C=O) groups is 1. The van der Waals surface area contributed by atoms with Crippen molar-refractivity contribution in [2.24, 2.45) is 0 Å². The Balaban J connectivity index is 2.10. The predicted molar refractivity (Wildman–Crippen MR) is 76.9 cm³/mol. The van der Waals surface area contributed by atoms with E-state index >= 15 is 0 Å². The first kappa shape index (κ1) is 12.3. The molecule has 0 aliphatic carbocycles. The maximum atomic E-state index is 11.2. The van der Waals surface area contributed by atoms with E-state index in [1.165, 1.54) is 0 Å². The highest BCUT2D eigenvalue weighted by molar-refractivity contribution is 5.72. The lowest BCUT2D eigenvalue weighted by Crippen LogP contribution is -2.01. The van der Waals surface area contributed by atoms with Crippen LogP contribution >= 0.6 is 0 Å². The van der Waals surface area contributed by atoms with Crippen LogP contribution in [0, 0.1) is 6.92 Å². The van der Waals surface area contributed by atoms with Gasteiger partial charge in [-0.15, -0.1) is 5.10 Å². The molecule has 4 nitrogen and oxygen atoms in total. The van der Waals surface area contributed by atoms with Gasteiger partial charge < -0.3 is 0 Å². The zero-order chi connectivity index (χ0) is 13.9. The summed E-state index contributed by atoms with van der Waals surface area (Å²) in [6.07, 6.45) is 0.722. The molecule has 0 N–H and O–H groups in total. The Morgan fingerprint density at radius 2 is 1.70 bits per heavy atom. The topological polar surface area (TPSA) is 47.8 Å². The minimum atomic E-state index is 0.299. The molecule has 20 heavy (non-hydrogen) atoms. The van der Waals surface area contributed by atoms with E-state index in [0.29, 0.717) is 11.6 Å². The minimum Gasteiger partial charge on any atom is -0.294 e. The number of aromatic nitrogens is 3. The van der Waals surface area contributed by atoms with Crippen molar-refractivity contribution in [1.82, 2.24) is 14.8 Å². The van der Waals surface area contributed by atoms with Crippen molar-refractivity contribution < 1.29 is 4.79 Å². The smallest absolute Gasteiger partial charge is 0.196 e. The molecule has 3 aromatic rings. The van der Waals surface area contributed by atoms with E-state index in [1.54, 1.807) is 4.68 Å². The summed E-state index contributed by atoms with van der Waals surface area (Å²) in [6.45, 7) is 2.02. The number of nitrogens with zero attached hydrogens (tertiary/aromatic N) is 3. The fourth-order valence-corrected chi connectivity index (χ4v) is 1.99. The van der Waals surface area contributed by atoms with Crippen LogP contribution < -0.4 is 0 Å². The van der Waals surface area contributed by atoms with Crippen molar-refractivity contribution in [3.05, 3.63) is 66.0 Å². The highest BCUT2D eigenvalue weighted by Crippen LogP contribution is 2.17. The molecule has 0 amide bonds. The molecule has 0 saturated heterocycles. The van der Waals surface area contributed by atoms with Crippen LogP contribution in [0.2, 0.25) is 0 Å². The van der Waals surface area contributed by atoms with Crippen LogP contribution in [0.15, 0.2) is 54.6 Å². The quantitative estimate of drug-likeness (QED) is 0.682. The SMILES string of the molecule is Cc1ccc(-n2nc(-c3ccccc3)nc2C=O)cc1. The minimum absolute atomic E-state index is 0.299. The first-order chi connectivity index (χ1) is 9.78. The molecular weight excluding hydrogens is 250 g/mol. The third-order valence-corrected chi connectivity index (χ3v) is 3.05. The molecule has 0 spiro atoms. The average Bonchev–Trinajstić information content (AvgIpc) is 2.93. The van der Waals surface area contributed by atoms with Crippen LogP contribution in [0.25, 0.3) is 17.1 Å². The Hall–Kier alpha value is -2.75. The average molecular weight is 263 g/mol. The van der Waals surface area contributed by atoms with Crippen LogP contribution in [0.3, 0.4) is 0 Å². The Labute approximate surface area is 116 Å². The number of rotatable bonds is 3. The molecule has 98 valence electrons. The molecule has 1 aromatic heterocycles. The van der Waals surface area contributed by atoms with Gasteiger partial charge in [0.15, 0.2) is 17.9 Å². The van der Waals surface area contributed by atoms with E-state index < -0.39 is 0 Å². The molecule has 0 fully saturated rings. The van der Waals surface area contributed by atoms with Gasteiger partial charge in [0.05, 0.1) is 5.69 Å². The highest BCUT2D eigenvalue weighted by atomic mass is 16.1. The Kier molecular flexibility index (Phi) is 3.13. The first-order valence-corrected chi connectivity index (χ1v) is 6.32. The van der Waals surface area contributed by atoms with Gasteiger partial charge in [0.1, 0.15) is 0 Å². The molecular formula is C16H13N3O. The summed E-state index contributed by atoms with van der Waals surface area (Å²) in [7, 11) is 0. The zero-order valence-corrected chi connectivity index (χ0v) is 11.0. The molecule has 0 atom stereocenters. The second-order valence-corrected chi connectivity index (χ2v) is 4.52. The zero-order valence-electron chi connectivity index (χ0n) is 11.0. The van der Waals surface area contributed by atoms with Crippen molar-refractivity contribution in [1.29, 1.82) is 0 Å². The fraction of sp³-hybridized carbons (Fsp3) is 0.0625. The van der Waals surface area contributed by atoms with Crippen molar-refractivity contribution in [3.8, 4) is 17.1 Å². The van der Waals surface area contributed by atoms with Crippen LogP contribution in [0.5, 0.6) is 0 Å². The number of hydrogen-bond acceptors (Lipinski definition) is 3. The first-order valence-electron chi connectivity index (χ1n) is 6.32. The standard InChI is InChI=1S/C16H13N3O/c1-12-7-9-14(10-8-12)19-15(11-20)17-16(18-19)13-5-3-2-4-6-13/h2-11H,1H3. The van der Waals surface area contributed by atoms with Crippen molar-refractivity contribution in [2.45, 2.75) is 6.92 Å². The molecule has 2 aromatic carbocycles. The van der Waals surface area contributed by atoms with E-state index in [9.17, 15) is 4.79 Å². The second-order valence-electron chi connectivity index (χ2n) is 4.52. The summed E-state index contributed by atoms with van der Waals surface area (Å²) in [5, 5.41) is 4.43. The lowest BCUT2D eigenvalue weighted by atomic mass is 10.2. The summed E-state index contributed by atoms with van der Waals surface area (Å²) in [6, 6.07) is 17.4. The predicted octanol–water partition coefficient (Wildman–Crippen LogP) is 3.06. The lowest BCUT2D eigenvalue weighted by molar-refractivity contribution is 0.111. The van der Waals surface area contributed by atoms with E-state index in [0.717, 1.165) is 23.1 Å². The van der Waals surface area contributed by atoms with E-state index in [1.807, 2.05) is 61.5 Å². The van der Waals surface area contributed by atoms with Crippen LogP contribution in [0.1, 0.15) is 16.2 Å². The number of carbonyl (C=O) groups excluding carboxylic acids is 1. The summed E-state index contributed by atoms with van der Waals surface area (Å²) in [5.41, 5.74) is 2.87. The highest BCUT2D eigenvalue weighted by Gasteiger charge is 2.11. The van der Waals surface area contributed by atoms with Crippen molar-refractivity contribution in [3.63, 3.8) is 0 Å². The molecule has 0 saturated carbocycles. The van der Waals surface area contributed by atoms with E-state index in [4.69, 9.17) is 0 Å². The fourth-order valence-electron chi connectivity index (χ4n) is 1.99. The van der Waals surface area contributed by atoms with Gasteiger partial charge in [0.2, 0.25) is 0 Å². The number of benzene rings is 2. The van der Waals surface area contributed by atoms with Gasteiger partial charge in [-0.05, 0) is 19.1 Å². The largest absolute Gasteiger partial charge is 0.294 e. The van der Waals surface area contributed by atoms with Gasteiger partial charge in [-0.3, -0.25) is 4.79 Å². The van der Waals surface area contributed by atoms with Gasteiger partial charge >= 0.3 is 0 Å². The van der Waals surface area contributed by atoms with E-state index in [-0.39, 0.29) is 0 Å². The molecule has 1 heterocycles. The summed E-state index contributed by atoms with van der Waals surface area (Å²) in [4.78, 5) is 15.5. The Morgan fingerprint density at radius 1 is 1.00 bits per heavy atom. The number of aryl methyl sites for hydroxylation is 1. The molecule has 0 aliphatic heterocycles. The third-order valence-electron chi connectivity index (χ3n) is 3.05. The molecule has 0 unspecified atom stereocenters. The van der Waals surface area contributed by atoms with Crippen LogP contribution in [-0.2, 0) is 0 Å². The van der Waals surface area contributed by atoms with Crippen LogP contribution in [-0.4, -0.2) is 21.1 Å². The normalized spacial score (nSPS) is 10.4. The molecule has 3 rings (SSSR count). The molecule has 0 radical (unpaired) electrons. The maximum absolute atomic E-state index is 11.2. The van der Waals surface area contributed by atoms with Gasteiger partial charge in [0, 0.05) is 5.56 Å². The monoisotopic (exact) mass is 263 g/mol. The molecule has 0 aliphatic rings. The Bertz CT molecular complexity index is 730. The van der Waals surface area contributed by atoms with Gasteiger partial charge in [-0.2, -0.15) is 0 Å². The Morgan fingerprint density at radius 3 is 2.35 bits per heavy atom. The summed E-state index contributed by atoms with van der Waals surface area (Å²) in [5.74, 6) is 0.848. The van der Waals surface area contributed by atoms with Gasteiger partial charge in [-0.25, -0.2) is 9.67 Å². The van der Waals surface area contributed by atoms with Crippen molar-refractivity contribution in [2.75, 3.05) is 0 Å². The maximum Gasteiger partial charge on any atom is 0.196 e. The molecule has 0 bridgehead atoms. The van der Waals surface area contributed by atoms with Gasteiger partial charge in [-0.1, -0.05) is 48.0 Å². The van der Waals surface area contributed by atoms with E-state index in [2.05, 4.69) is 10.1 Å². The number of aldehydes is 1. The van der Waals surface area contributed by atoms with Gasteiger partial charge in [0.25, 0.3) is 0 Å². The van der Waals surface area contributed by atoms with Crippen molar-refractivity contribution >= 4 is 6.29 Å². The lowest BCUT2D eigenvalue weighted by Gasteiger charge is -2.02. The van der Waals surface area contributed by atoms with Crippen LogP contribution in [0.4, 0.5) is 0 Å². The summed E-state index contributed by atoms with van der Waals surface area (Å²) < 4.78 is 1.56. The number of hydrogen-bond donors (Lipinski definition) is 0. The third kappa shape index (κ3) is 2.23. The summed E-state index contributed by atoms with van der Waals surface area (Å²) >= 11 is 0. The molecule has 4 heteroatoms. The second kappa shape index (κ2) is 5.09.